The second-order valence-corrected chi connectivity index (χ2v) is 4.71. The van der Waals surface area contributed by atoms with Crippen LogP contribution in [0.3, 0.4) is 0 Å². The molecule has 1 amide bonds. The zero-order valence-electron chi connectivity index (χ0n) is 8.61. The number of aliphatic hydroxyl groups is 1. The quantitative estimate of drug-likeness (QED) is 0.693. The summed E-state index contributed by atoms with van der Waals surface area (Å²) < 4.78 is 0. The Bertz CT molecular complexity index is 244. The molecule has 15 heavy (non-hydrogen) atoms. The predicted molar refractivity (Wildman–Crippen MR) is 59.3 cm³/mol. The average molecular weight is 228 g/mol. The van der Waals surface area contributed by atoms with Crippen molar-refractivity contribution in [2.45, 2.75) is 37.8 Å². The number of aliphatic hydroxyl groups excluding tert-OH is 1. The minimum absolute atomic E-state index is 0.00311. The van der Waals surface area contributed by atoms with E-state index < -0.39 is 0 Å². The second-order valence-electron chi connectivity index (χ2n) is 3.72. The molecule has 1 saturated carbocycles. The molecule has 0 aromatic heterocycles. The van der Waals surface area contributed by atoms with E-state index in [9.17, 15) is 9.90 Å². The molecule has 1 aliphatic carbocycles. The molecule has 4 nitrogen and oxygen atoms in total. The normalized spacial score (nSPS) is 25.6. The van der Waals surface area contributed by atoms with E-state index in [4.69, 9.17) is 5.26 Å². The van der Waals surface area contributed by atoms with Gasteiger partial charge < -0.3 is 10.4 Å². The van der Waals surface area contributed by atoms with Crippen LogP contribution in [0.2, 0.25) is 0 Å². The van der Waals surface area contributed by atoms with Crippen molar-refractivity contribution in [1.82, 2.24) is 5.32 Å². The van der Waals surface area contributed by atoms with Gasteiger partial charge in [0.25, 0.3) is 0 Å². The highest BCUT2D eigenvalue weighted by molar-refractivity contribution is 8.00. The lowest BCUT2D eigenvalue weighted by Gasteiger charge is -2.26. The maximum atomic E-state index is 11.4. The van der Waals surface area contributed by atoms with Crippen molar-refractivity contribution < 1.29 is 9.90 Å². The lowest BCUT2D eigenvalue weighted by atomic mass is 9.93. The van der Waals surface area contributed by atoms with Gasteiger partial charge in [0.05, 0.1) is 23.7 Å². The van der Waals surface area contributed by atoms with E-state index in [2.05, 4.69) is 5.32 Å². The Hall–Kier alpha value is -0.730. The van der Waals surface area contributed by atoms with Crippen molar-refractivity contribution in [2.24, 2.45) is 0 Å². The molecule has 0 aromatic rings. The highest BCUT2D eigenvalue weighted by Gasteiger charge is 2.20. The Kier molecular flexibility index (Phi) is 5.51. The number of nitrogens with zero attached hydrogens (tertiary/aromatic N) is 1. The fourth-order valence-electron chi connectivity index (χ4n) is 1.68. The average Bonchev–Trinajstić information content (AvgIpc) is 2.22. The molecule has 0 spiro atoms. The molecule has 0 unspecified atom stereocenters. The van der Waals surface area contributed by atoms with E-state index in [1.165, 1.54) is 11.8 Å². The molecule has 0 aromatic carbocycles. The number of nitriles is 1. The maximum Gasteiger partial charge on any atom is 0.230 e. The Balaban J connectivity index is 2.13. The molecule has 0 radical (unpaired) electrons. The third-order valence-electron chi connectivity index (χ3n) is 2.46. The monoisotopic (exact) mass is 228 g/mol. The minimum Gasteiger partial charge on any atom is -0.393 e. The summed E-state index contributed by atoms with van der Waals surface area (Å²) in [5.74, 6) is 0.709. The highest BCUT2D eigenvalue weighted by Crippen LogP contribution is 2.18. The summed E-state index contributed by atoms with van der Waals surface area (Å²) in [5, 5.41) is 20.5. The molecule has 2 N–H and O–H groups in total. The fourth-order valence-corrected chi connectivity index (χ4v) is 2.14. The van der Waals surface area contributed by atoms with Crippen molar-refractivity contribution in [3.63, 3.8) is 0 Å². The molecule has 1 rings (SSSR count). The Morgan fingerprint density at radius 1 is 1.47 bits per heavy atom. The maximum absolute atomic E-state index is 11.4. The Morgan fingerprint density at radius 2 is 2.13 bits per heavy atom. The number of carbonyl (C=O) groups is 1. The molecule has 1 fully saturated rings. The molecular weight excluding hydrogens is 212 g/mol. The van der Waals surface area contributed by atoms with Gasteiger partial charge in [0.15, 0.2) is 0 Å². The van der Waals surface area contributed by atoms with Gasteiger partial charge >= 0.3 is 0 Å². The van der Waals surface area contributed by atoms with Crippen molar-refractivity contribution in [1.29, 1.82) is 5.26 Å². The smallest absolute Gasteiger partial charge is 0.230 e. The first-order chi connectivity index (χ1) is 7.22. The third-order valence-corrected chi connectivity index (χ3v) is 3.26. The number of nitrogens with one attached hydrogen (secondary N) is 1. The highest BCUT2D eigenvalue weighted by atomic mass is 32.2. The number of amides is 1. The summed E-state index contributed by atoms with van der Waals surface area (Å²) in [5.41, 5.74) is 0. The van der Waals surface area contributed by atoms with E-state index in [1.54, 1.807) is 0 Å². The molecule has 0 saturated heterocycles. The molecule has 5 heteroatoms. The third kappa shape index (κ3) is 5.05. The van der Waals surface area contributed by atoms with E-state index >= 15 is 0 Å². The largest absolute Gasteiger partial charge is 0.393 e. The predicted octanol–water partition coefficient (Wildman–Crippen LogP) is 0.663. The minimum atomic E-state index is -0.189. The van der Waals surface area contributed by atoms with Gasteiger partial charge in [-0.25, -0.2) is 0 Å². The van der Waals surface area contributed by atoms with Crippen LogP contribution in [-0.4, -0.2) is 34.7 Å². The standard InChI is InChI=1S/C10H16N2O2S/c11-5-6-15-7-10(14)12-8-1-3-9(13)4-2-8/h8-9,13H,1-4,6-7H2,(H,12,14). The molecule has 1 aliphatic rings. The summed E-state index contributed by atoms with van der Waals surface area (Å²) in [6.07, 6.45) is 3.07. The van der Waals surface area contributed by atoms with Crippen molar-refractivity contribution >= 4 is 17.7 Å². The van der Waals surface area contributed by atoms with Gasteiger partial charge in [-0.1, -0.05) is 0 Å². The number of rotatable bonds is 4. The first-order valence-electron chi connectivity index (χ1n) is 5.14. The molecule has 0 bridgehead atoms. The van der Waals surface area contributed by atoms with Crippen molar-refractivity contribution in [2.75, 3.05) is 11.5 Å². The van der Waals surface area contributed by atoms with E-state index in [1.807, 2.05) is 6.07 Å². The summed E-state index contributed by atoms with van der Waals surface area (Å²) in [7, 11) is 0. The first kappa shape index (κ1) is 12.3. The van der Waals surface area contributed by atoms with Gasteiger partial charge in [-0.05, 0) is 25.7 Å². The van der Waals surface area contributed by atoms with Gasteiger partial charge in [0.2, 0.25) is 5.91 Å². The zero-order valence-corrected chi connectivity index (χ0v) is 9.42. The topological polar surface area (TPSA) is 73.1 Å². The summed E-state index contributed by atoms with van der Waals surface area (Å²) in [6.45, 7) is 0. The second kappa shape index (κ2) is 6.70. The SMILES string of the molecule is N#CCSCC(=O)NC1CCC(O)CC1. The molecule has 0 heterocycles. The van der Waals surface area contributed by atoms with Gasteiger partial charge in [-0.15, -0.1) is 11.8 Å². The van der Waals surface area contributed by atoms with E-state index in [0.717, 1.165) is 25.7 Å². The molecule has 0 aliphatic heterocycles. The van der Waals surface area contributed by atoms with Crippen LogP contribution in [0.25, 0.3) is 0 Å². The van der Waals surface area contributed by atoms with Crippen LogP contribution in [0, 0.1) is 11.3 Å². The van der Waals surface area contributed by atoms with Crippen molar-refractivity contribution in [3.8, 4) is 6.07 Å². The van der Waals surface area contributed by atoms with E-state index in [-0.39, 0.29) is 18.1 Å². The van der Waals surface area contributed by atoms with Gasteiger partial charge in [-0.3, -0.25) is 4.79 Å². The van der Waals surface area contributed by atoms with Crippen LogP contribution in [-0.2, 0) is 4.79 Å². The fraction of sp³-hybridized carbons (Fsp3) is 0.800. The summed E-state index contributed by atoms with van der Waals surface area (Å²) in [4.78, 5) is 11.4. The lowest BCUT2D eigenvalue weighted by molar-refractivity contribution is -0.119. The van der Waals surface area contributed by atoms with Gasteiger partial charge in [-0.2, -0.15) is 5.26 Å². The zero-order chi connectivity index (χ0) is 11.1. The van der Waals surface area contributed by atoms with Crippen LogP contribution in [0.5, 0.6) is 0 Å². The Morgan fingerprint density at radius 3 is 2.73 bits per heavy atom. The molecular formula is C10H16N2O2S. The van der Waals surface area contributed by atoms with Crippen LogP contribution in [0.15, 0.2) is 0 Å². The van der Waals surface area contributed by atoms with Crippen molar-refractivity contribution in [3.05, 3.63) is 0 Å². The number of hydrogen-bond donors (Lipinski definition) is 2. The van der Waals surface area contributed by atoms with Crippen LogP contribution in [0.4, 0.5) is 0 Å². The molecule has 0 atom stereocenters. The van der Waals surface area contributed by atoms with Gasteiger partial charge in [0, 0.05) is 6.04 Å². The lowest BCUT2D eigenvalue weighted by Crippen LogP contribution is -2.39. The molecule has 84 valence electrons. The van der Waals surface area contributed by atoms with Crippen LogP contribution in [0.1, 0.15) is 25.7 Å². The van der Waals surface area contributed by atoms with Crippen LogP contribution < -0.4 is 5.32 Å². The number of carbonyl (C=O) groups excluding carboxylic acids is 1. The Labute approximate surface area is 94.0 Å². The summed E-state index contributed by atoms with van der Waals surface area (Å²) in [6, 6.07) is 2.19. The van der Waals surface area contributed by atoms with Gasteiger partial charge in [0.1, 0.15) is 0 Å². The van der Waals surface area contributed by atoms with Crippen LogP contribution >= 0.6 is 11.8 Å². The summed E-state index contributed by atoms with van der Waals surface area (Å²) >= 11 is 1.33. The van der Waals surface area contributed by atoms with E-state index in [0.29, 0.717) is 11.5 Å². The number of thioether (sulfide) groups is 1. The first-order valence-corrected chi connectivity index (χ1v) is 6.30. The number of hydrogen-bond acceptors (Lipinski definition) is 4.